The van der Waals surface area contributed by atoms with Crippen molar-refractivity contribution in [2.75, 3.05) is 18.5 Å². The van der Waals surface area contributed by atoms with Crippen molar-refractivity contribution in [1.82, 2.24) is 10.3 Å². The zero-order valence-electron chi connectivity index (χ0n) is 12.1. The quantitative estimate of drug-likeness (QED) is 0.878. The molecule has 0 radical (unpaired) electrons. The van der Waals surface area contributed by atoms with Crippen LogP contribution in [0.25, 0.3) is 0 Å². The summed E-state index contributed by atoms with van der Waals surface area (Å²) >= 11 is 8.09. The van der Waals surface area contributed by atoms with Crippen molar-refractivity contribution < 1.29 is 0 Å². The zero-order valence-corrected chi connectivity index (χ0v) is 13.7. The molecule has 1 aromatic heterocycles. The maximum Gasteiger partial charge on any atom is 0.0798 e. The largest absolute Gasteiger partial charge is 0.368 e. The molecule has 2 aromatic rings. The summed E-state index contributed by atoms with van der Waals surface area (Å²) in [5, 5.41) is 4.10. The van der Waals surface area contributed by atoms with E-state index in [1.807, 2.05) is 18.5 Å². The molecular weight excluding hydrogens is 290 g/mol. The number of halogens is 1. The van der Waals surface area contributed by atoms with Gasteiger partial charge in [-0.15, -0.1) is 11.3 Å². The predicted molar refractivity (Wildman–Crippen MR) is 87.8 cm³/mol. The number of hydrogen-bond acceptors (Lipinski definition) is 4. The molecule has 108 valence electrons. The smallest absolute Gasteiger partial charge is 0.0798 e. The highest BCUT2D eigenvalue weighted by Crippen LogP contribution is 2.28. The van der Waals surface area contributed by atoms with Gasteiger partial charge in [-0.05, 0) is 31.2 Å². The second-order valence-electron chi connectivity index (χ2n) is 4.78. The Balaban J connectivity index is 2.10. The predicted octanol–water partition coefficient (Wildman–Crippen LogP) is 3.85. The third-order valence-corrected chi connectivity index (χ3v) is 4.45. The van der Waals surface area contributed by atoms with Crippen LogP contribution in [-0.2, 0) is 13.1 Å². The van der Waals surface area contributed by atoms with Gasteiger partial charge in [0.15, 0.2) is 0 Å². The molecule has 20 heavy (non-hydrogen) atoms. The second-order valence-corrected chi connectivity index (χ2v) is 6.13. The van der Waals surface area contributed by atoms with Crippen LogP contribution in [0, 0.1) is 6.92 Å². The van der Waals surface area contributed by atoms with Crippen LogP contribution >= 0.6 is 22.9 Å². The SMILES string of the molecule is CCNCc1ccc(N(C)Cc2scnc2C)c(Cl)c1. The van der Waals surface area contributed by atoms with Crippen LogP contribution in [0.4, 0.5) is 5.69 Å². The fourth-order valence-corrected chi connectivity index (χ4v) is 3.19. The van der Waals surface area contributed by atoms with Crippen molar-refractivity contribution in [2.45, 2.75) is 26.9 Å². The number of nitrogens with zero attached hydrogens (tertiary/aromatic N) is 2. The van der Waals surface area contributed by atoms with Gasteiger partial charge in [0, 0.05) is 18.5 Å². The van der Waals surface area contributed by atoms with Crippen LogP contribution < -0.4 is 10.2 Å². The van der Waals surface area contributed by atoms with E-state index in [4.69, 9.17) is 11.6 Å². The summed E-state index contributed by atoms with van der Waals surface area (Å²) in [5.41, 5.74) is 5.25. The van der Waals surface area contributed by atoms with Gasteiger partial charge in [-0.2, -0.15) is 0 Å². The summed E-state index contributed by atoms with van der Waals surface area (Å²) in [6, 6.07) is 6.25. The minimum absolute atomic E-state index is 0.796. The van der Waals surface area contributed by atoms with Crippen LogP contribution in [0.1, 0.15) is 23.1 Å². The molecule has 0 unspecified atom stereocenters. The summed E-state index contributed by atoms with van der Waals surface area (Å²) in [6.07, 6.45) is 0. The van der Waals surface area contributed by atoms with Crippen molar-refractivity contribution in [3.8, 4) is 0 Å². The first-order valence-electron chi connectivity index (χ1n) is 6.71. The first kappa shape index (κ1) is 15.3. The zero-order chi connectivity index (χ0) is 14.5. The third kappa shape index (κ3) is 3.72. The highest BCUT2D eigenvalue weighted by molar-refractivity contribution is 7.09. The molecule has 0 aliphatic heterocycles. The van der Waals surface area contributed by atoms with Gasteiger partial charge >= 0.3 is 0 Å². The van der Waals surface area contributed by atoms with Crippen LogP contribution in [0.3, 0.4) is 0 Å². The first-order chi connectivity index (χ1) is 9.61. The summed E-state index contributed by atoms with van der Waals surface area (Å²) in [7, 11) is 2.06. The Kier molecular flexibility index (Phi) is 5.40. The van der Waals surface area contributed by atoms with Gasteiger partial charge < -0.3 is 10.2 Å². The van der Waals surface area contributed by atoms with E-state index >= 15 is 0 Å². The molecule has 0 aliphatic carbocycles. The molecular formula is C15H20ClN3S. The number of anilines is 1. The van der Waals surface area contributed by atoms with Crippen LogP contribution in [-0.4, -0.2) is 18.6 Å². The second kappa shape index (κ2) is 7.07. The molecule has 0 saturated heterocycles. The Morgan fingerprint density at radius 2 is 2.20 bits per heavy atom. The fourth-order valence-electron chi connectivity index (χ4n) is 2.02. The van der Waals surface area contributed by atoms with E-state index < -0.39 is 0 Å². The summed E-state index contributed by atoms with van der Waals surface area (Å²) in [5.74, 6) is 0. The number of rotatable bonds is 6. The van der Waals surface area contributed by atoms with Gasteiger partial charge in [0.05, 0.1) is 28.5 Å². The van der Waals surface area contributed by atoms with Gasteiger partial charge in [-0.3, -0.25) is 0 Å². The van der Waals surface area contributed by atoms with E-state index in [-0.39, 0.29) is 0 Å². The van der Waals surface area contributed by atoms with E-state index in [2.05, 4.69) is 41.3 Å². The van der Waals surface area contributed by atoms with E-state index in [0.717, 1.165) is 36.0 Å². The lowest BCUT2D eigenvalue weighted by molar-refractivity contribution is 0.727. The molecule has 3 nitrogen and oxygen atoms in total. The molecule has 0 aliphatic rings. The monoisotopic (exact) mass is 309 g/mol. The molecule has 1 heterocycles. The minimum atomic E-state index is 0.796. The standard InChI is InChI=1S/C15H20ClN3S/c1-4-17-8-12-5-6-14(13(16)7-12)19(3)9-15-11(2)18-10-20-15/h5-7,10,17H,4,8-9H2,1-3H3. The number of thiazole rings is 1. The molecule has 1 N–H and O–H groups in total. The first-order valence-corrected chi connectivity index (χ1v) is 7.96. The maximum atomic E-state index is 6.40. The lowest BCUT2D eigenvalue weighted by Gasteiger charge is -2.20. The normalized spacial score (nSPS) is 10.8. The Bertz CT molecular complexity index is 568. The highest BCUT2D eigenvalue weighted by Gasteiger charge is 2.10. The van der Waals surface area contributed by atoms with Crippen molar-refractivity contribution in [2.24, 2.45) is 0 Å². The molecule has 0 fully saturated rings. The van der Waals surface area contributed by atoms with Gasteiger partial charge in [-0.1, -0.05) is 24.6 Å². The van der Waals surface area contributed by atoms with Crippen LogP contribution in [0.2, 0.25) is 5.02 Å². The van der Waals surface area contributed by atoms with E-state index in [9.17, 15) is 0 Å². The van der Waals surface area contributed by atoms with Crippen molar-refractivity contribution in [3.63, 3.8) is 0 Å². The highest BCUT2D eigenvalue weighted by atomic mass is 35.5. The summed E-state index contributed by atoms with van der Waals surface area (Å²) in [4.78, 5) is 7.73. The number of nitrogens with one attached hydrogen (secondary N) is 1. The molecule has 5 heteroatoms. The molecule has 0 amide bonds. The topological polar surface area (TPSA) is 28.2 Å². The van der Waals surface area contributed by atoms with Crippen molar-refractivity contribution in [3.05, 3.63) is 44.9 Å². The third-order valence-electron chi connectivity index (χ3n) is 3.23. The van der Waals surface area contributed by atoms with Gasteiger partial charge in [0.2, 0.25) is 0 Å². The number of hydrogen-bond donors (Lipinski definition) is 1. The summed E-state index contributed by atoms with van der Waals surface area (Å²) < 4.78 is 0. The van der Waals surface area contributed by atoms with Crippen LogP contribution in [0.15, 0.2) is 23.7 Å². The Labute approximate surface area is 129 Å². The summed E-state index contributed by atoms with van der Waals surface area (Å²) in [6.45, 7) is 6.79. The lowest BCUT2D eigenvalue weighted by atomic mass is 10.2. The van der Waals surface area contributed by atoms with Crippen molar-refractivity contribution in [1.29, 1.82) is 0 Å². The van der Waals surface area contributed by atoms with E-state index in [0.29, 0.717) is 0 Å². The average Bonchev–Trinajstić information content (AvgIpc) is 2.82. The Hall–Kier alpha value is -1.10. The van der Waals surface area contributed by atoms with Gasteiger partial charge in [0.25, 0.3) is 0 Å². The lowest BCUT2D eigenvalue weighted by Crippen LogP contribution is -2.17. The Morgan fingerprint density at radius 3 is 2.80 bits per heavy atom. The average molecular weight is 310 g/mol. The molecule has 1 aromatic carbocycles. The number of benzene rings is 1. The molecule has 0 bridgehead atoms. The molecule has 0 saturated carbocycles. The minimum Gasteiger partial charge on any atom is -0.368 e. The maximum absolute atomic E-state index is 6.40. The molecule has 2 rings (SSSR count). The van der Waals surface area contributed by atoms with E-state index in [1.165, 1.54) is 10.4 Å². The fraction of sp³-hybridized carbons (Fsp3) is 0.400. The molecule has 0 spiro atoms. The number of aryl methyl sites for hydroxylation is 1. The Morgan fingerprint density at radius 1 is 1.40 bits per heavy atom. The van der Waals surface area contributed by atoms with Crippen LogP contribution in [0.5, 0.6) is 0 Å². The molecule has 0 atom stereocenters. The number of aromatic nitrogens is 1. The van der Waals surface area contributed by atoms with Gasteiger partial charge in [-0.25, -0.2) is 4.98 Å². The van der Waals surface area contributed by atoms with Crippen molar-refractivity contribution >= 4 is 28.6 Å². The van der Waals surface area contributed by atoms with Gasteiger partial charge in [0.1, 0.15) is 0 Å². The van der Waals surface area contributed by atoms with E-state index in [1.54, 1.807) is 11.3 Å².